The lowest BCUT2D eigenvalue weighted by Gasteiger charge is -2.12. The minimum atomic E-state index is -4.66. The van der Waals surface area contributed by atoms with Gasteiger partial charge in [0.15, 0.2) is 0 Å². The first-order valence-corrected chi connectivity index (χ1v) is 7.79. The quantitative estimate of drug-likeness (QED) is 0.525. The Kier molecular flexibility index (Phi) is 4.75. The number of carbonyl (C=O) groups excluding carboxylic acids is 1. The Morgan fingerprint density at radius 3 is 2.67 bits per heavy atom. The fraction of sp³-hybridized carbons (Fsp3) is 0.125. The van der Waals surface area contributed by atoms with E-state index in [0.29, 0.717) is 10.9 Å². The van der Waals surface area contributed by atoms with Crippen LogP contribution in [-0.4, -0.2) is 20.6 Å². The van der Waals surface area contributed by atoms with Crippen molar-refractivity contribution in [3.05, 3.63) is 63.3 Å². The van der Waals surface area contributed by atoms with Gasteiger partial charge >= 0.3 is 6.18 Å². The van der Waals surface area contributed by atoms with Gasteiger partial charge in [-0.2, -0.15) is 18.3 Å². The number of rotatable bonds is 4. The van der Waals surface area contributed by atoms with Crippen molar-refractivity contribution in [2.24, 2.45) is 0 Å². The van der Waals surface area contributed by atoms with Gasteiger partial charge in [0.05, 0.1) is 27.2 Å². The smallest absolute Gasteiger partial charge is 0.324 e. The van der Waals surface area contributed by atoms with E-state index in [1.165, 1.54) is 35.1 Å². The molecule has 0 saturated carbocycles. The maximum absolute atomic E-state index is 12.9. The number of fused-ring (bicyclic) bond motifs is 1. The number of benzene rings is 2. The van der Waals surface area contributed by atoms with Crippen LogP contribution in [0.3, 0.4) is 0 Å². The normalized spacial score (nSPS) is 11.6. The largest absolute Gasteiger partial charge is 0.417 e. The van der Waals surface area contributed by atoms with Crippen LogP contribution >= 0.6 is 11.6 Å². The number of nitrogens with zero attached hydrogens (tertiary/aromatic N) is 3. The van der Waals surface area contributed by atoms with Crippen LogP contribution < -0.4 is 5.32 Å². The van der Waals surface area contributed by atoms with E-state index in [4.69, 9.17) is 11.6 Å². The molecule has 0 aliphatic carbocycles. The Hall–Kier alpha value is -3.14. The van der Waals surface area contributed by atoms with Crippen molar-refractivity contribution >= 4 is 39.8 Å². The van der Waals surface area contributed by atoms with Crippen LogP contribution in [0.2, 0.25) is 5.02 Å². The molecule has 0 atom stereocenters. The molecule has 3 aromatic rings. The van der Waals surface area contributed by atoms with Crippen LogP contribution in [0.25, 0.3) is 10.9 Å². The van der Waals surface area contributed by atoms with Crippen molar-refractivity contribution in [2.75, 3.05) is 5.32 Å². The average Bonchev–Trinajstić information content (AvgIpc) is 2.97. The lowest BCUT2D eigenvalue weighted by atomic mass is 10.2. The number of hydrogen-bond acceptors (Lipinski definition) is 4. The molecular weight excluding hydrogens is 389 g/mol. The highest BCUT2D eigenvalue weighted by Gasteiger charge is 2.33. The zero-order valence-corrected chi connectivity index (χ0v) is 14.1. The highest BCUT2D eigenvalue weighted by molar-refractivity contribution is 6.31. The molecule has 11 heteroatoms. The minimum absolute atomic E-state index is 0.0841. The maximum Gasteiger partial charge on any atom is 0.417 e. The Morgan fingerprint density at radius 2 is 2.00 bits per heavy atom. The van der Waals surface area contributed by atoms with Crippen LogP contribution in [0.5, 0.6) is 0 Å². The molecule has 3 rings (SSSR count). The second-order valence-corrected chi connectivity index (χ2v) is 5.95. The lowest BCUT2D eigenvalue weighted by molar-refractivity contribution is -0.384. The molecule has 1 amide bonds. The zero-order valence-electron chi connectivity index (χ0n) is 13.3. The van der Waals surface area contributed by atoms with Gasteiger partial charge in [-0.05, 0) is 24.3 Å². The number of nitro groups is 1. The number of nitro benzene ring substituents is 1. The SMILES string of the molecule is O=C(Cn1ncc2ccc([N+](=O)[O-])cc21)Nc1ccc(Cl)c(C(F)(F)F)c1. The second kappa shape index (κ2) is 6.88. The van der Waals surface area contributed by atoms with Crippen molar-refractivity contribution < 1.29 is 22.9 Å². The predicted octanol–water partition coefficient (Wildman–Crippen LogP) is 4.26. The summed E-state index contributed by atoms with van der Waals surface area (Å²) >= 11 is 5.54. The lowest BCUT2D eigenvalue weighted by Crippen LogP contribution is -2.20. The third-order valence-electron chi connectivity index (χ3n) is 3.69. The first-order valence-electron chi connectivity index (χ1n) is 7.42. The molecule has 27 heavy (non-hydrogen) atoms. The van der Waals surface area contributed by atoms with Crippen LogP contribution in [0.4, 0.5) is 24.5 Å². The maximum atomic E-state index is 12.9. The van der Waals surface area contributed by atoms with E-state index in [0.717, 1.165) is 12.1 Å². The van der Waals surface area contributed by atoms with Gasteiger partial charge in [-0.25, -0.2) is 0 Å². The number of carbonyl (C=O) groups is 1. The summed E-state index contributed by atoms with van der Waals surface area (Å²) in [7, 11) is 0. The van der Waals surface area contributed by atoms with E-state index < -0.39 is 27.6 Å². The van der Waals surface area contributed by atoms with E-state index in [1.807, 2.05) is 0 Å². The number of alkyl halides is 3. The second-order valence-electron chi connectivity index (χ2n) is 5.54. The molecule has 0 radical (unpaired) electrons. The third kappa shape index (κ3) is 4.00. The van der Waals surface area contributed by atoms with E-state index in [9.17, 15) is 28.1 Å². The van der Waals surface area contributed by atoms with Crippen molar-refractivity contribution in [3.8, 4) is 0 Å². The van der Waals surface area contributed by atoms with E-state index in [1.54, 1.807) is 0 Å². The summed E-state index contributed by atoms with van der Waals surface area (Å²) in [6, 6.07) is 7.06. The Bertz CT molecular complexity index is 1050. The van der Waals surface area contributed by atoms with Crippen LogP contribution in [0, 0.1) is 10.1 Å². The van der Waals surface area contributed by atoms with Gasteiger partial charge in [-0.15, -0.1) is 0 Å². The molecule has 0 bridgehead atoms. The number of amides is 1. The average molecular weight is 399 g/mol. The summed E-state index contributed by atoms with van der Waals surface area (Å²) in [5, 5.41) is 17.3. The van der Waals surface area contributed by atoms with Gasteiger partial charge in [0.1, 0.15) is 6.54 Å². The highest BCUT2D eigenvalue weighted by Crippen LogP contribution is 2.36. The van der Waals surface area contributed by atoms with Crippen LogP contribution in [-0.2, 0) is 17.5 Å². The van der Waals surface area contributed by atoms with Gasteiger partial charge in [-0.1, -0.05) is 11.6 Å². The molecule has 140 valence electrons. The molecule has 1 N–H and O–H groups in total. The summed E-state index contributed by atoms with van der Waals surface area (Å²) in [5.41, 5.74) is -0.968. The zero-order chi connectivity index (χ0) is 19.8. The number of nitrogens with one attached hydrogen (secondary N) is 1. The molecule has 0 aliphatic rings. The molecule has 2 aromatic carbocycles. The van der Waals surface area contributed by atoms with Gasteiger partial charge in [-0.3, -0.25) is 19.6 Å². The Labute approximate surface area is 154 Å². The number of hydrogen-bond donors (Lipinski definition) is 1. The van der Waals surface area contributed by atoms with Gasteiger partial charge in [0.25, 0.3) is 5.69 Å². The fourth-order valence-electron chi connectivity index (χ4n) is 2.46. The number of anilines is 1. The standard InChI is InChI=1S/C16H10ClF3N4O3/c17-13-4-2-10(5-12(13)16(18,19)20)22-15(25)8-23-14-6-11(24(26)27)3-1-9(14)7-21-23/h1-7H,8H2,(H,22,25). The summed E-state index contributed by atoms with van der Waals surface area (Å²) in [4.78, 5) is 22.5. The molecule has 1 aromatic heterocycles. The predicted molar refractivity (Wildman–Crippen MR) is 91.5 cm³/mol. The molecule has 0 fully saturated rings. The summed E-state index contributed by atoms with van der Waals surface area (Å²) < 4.78 is 39.9. The highest BCUT2D eigenvalue weighted by atomic mass is 35.5. The molecule has 0 aliphatic heterocycles. The molecule has 7 nitrogen and oxygen atoms in total. The Balaban J connectivity index is 1.82. The van der Waals surface area contributed by atoms with E-state index in [-0.39, 0.29) is 17.9 Å². The van der Waals surface area contributed by atoms with Crippen molar-refractivity contribution in [2.45, 2.75) is 12.7 Å². The molecule has 0 saturated heterocycles. The van der Waals surface area contributed by atoms with Gasteiger partial charge in [0.2, 0.25) is 5.91 Å². The topological polar surface area (TPSA) is 90.1 Å². The van der Waals surface area contributed by atoms with Crippen molar-refractivity contribution in [3.63, 3.8) is 0 Å². The monoisotopic (exact) mass is 398 g/mol. The molecule has 1 heterocycles. The van der Waals surface area contributed by atoms with Crippen molar-refractivity contribution in [1.82, 2.24) is 9.78 Å². The van der Waals surface area contributed by atoms with Crippen molar-refractivity contribution in [1.29, 1.82) is 0 Å². The summed E-state index contributed by atoms with van der Waals surface area (Å²) in [6.07, 6.45) is -3.23. The molecule has 0 unspecified atom stereocenters. The minimum Gasteiger partial charge on any atom is -0.324 e. The van der Waals surface area contributed by atoms with E-state index in [2.05, 4.69) is 10.4 Å². The number of aromatic nitrogens is 2. The summed E-state index contributed by atoms with van der Waals surface area (Å²) in [5.74, 6) is -0.651. The molecular formula is C16H10ClF3N4O3. The first kappa shape index (κ1) is 18.6. The van der Waals surface area contributed by atoms with Gasteiger partial charge in [0, 0.05) is 23.2 Å². The van der Waals surface area contributed by atoms with Crippen LogP contribution in [0.1, 0.15) is 5.56 Å². The molecule has 0 spiro atoms. The number of halogens is 4. The van der Waals surface area contributed by atoms with Crippen LogP contribution in [0.15, 0.2) is 42.6 Å². The number of non-ortho nitro benzene ring substituents is 1. The first-order chi connectivity index (χ1) is 12.6. The van der Waals surface area contributed by atoms with E-state index >= 15 is 0 Å². The third-order valence-corrected chi connectivity index (χ3v) is 4.02. The fourth-order valence-corrected chi connectivity index (χ4v) is 2.68. The Morgan fingerprint density at radius 1 is 1.26 bits per heavy atom. The van der Waals surface area contributed by atoms with Gasteiger partial charge < -0.3 is 5.32 Å². The summed E-state index contributed by atoms with van der Waals surface area (Å²) in [6.45, 7) is -0.339.